The zero-order chi connectivity index (χ0) is 23.7. The Morgan fingerprint density at radius 3 is 2.73 bits per heavy atom. The summed E-state index contributed by atoms with van der Waals surface area (Å²) in [5, 5.41) is 11.3. The maximum absolute atomic E-state index is 13.2. The molecule has 7 heteroatoms. The summed E-state index contributed by atoms with van der Waals surface area (Å²) in [5.41, 5.74) is 2.30. The second-order valence-electron chi connectivity index (χ2n) is 8.76. The summed E-state index contributed by atoms with van der Waals surface area (Å²) >= 11 is 0. The fraction of sp³-hybridized carbons (Fsp3) is 0.385. The van der Waals surface area contributed by atoms with Crippen molar-refractivity contribution in [3.63, 3.8) is 0 Å². The van der Waals surface area contributed by atoms with Crippen LogP contribution < -0.4 is 9.47 Å². The minimum atomic E-state index is -0.700. The van der Waals surface area contributed by atoms with Gasteiger partial charge in [-0.15, -0.1) is 0 Å². The van der Waals surface area contributed by atoms with Crippen molar-refractivity contribution >= 4 is 17.4 Å². The van der Waals surface area contributed by atoms with E-state index in [1.165, 1.54) is 4.90 Å². The van der Waals surface area contributed by atoms with Crippen LogP contribution in [0.25, 0.3) is 5.76 Å². The van der Waals surface area contributed by atoms with Gasteiger partial charge in [0.2, 0.25) is 0 Å². The highest BCUT2D eigenvalue weighted by Gasteiger charge is 2.46. The first kappa shape index (κ1) is 22.9. The molecule has 1 N–H and O–H groups in total. The first-order chi connectivity index (χ1) is 15.8. The van der Waals surface area contributed by atoms with Gasteiger partial charge in [-0.1, -0.05) is 12.1 Å². The van der Waals surface area contributed by atoms with Gasteiger partial charge in [-0.2, -0.15) is 0 Å². The van der Waals surface area contributed by atoms with Crippen molar-refractivity contribution in [1.82, 2.24) is 9.80 Å². The van der Waals surface area contributed by atoms with E-state index in [9.17, 15) is 14.7 Å². The van der Waals surface area contributed by atoms with Crippen molar-refractivity contribution in [3.8, 4) is 11.5 Å². The summed E-state index contributed by atoms with van der Waals surface area (Å²) in [6.45, 7) is 5.32. The zero-order valence-electron chi connectivity index (χ0n) is 19.5. The molecule has 2 aliphatic rings. The third-order valence-electron chi connectivity index (χ3n) is 5.98. The monoisotopic (exact) mass is 450 g/mol. The average molecular weight is 451 g/mol. The number of hydrogen-bond acceptors (Lipinski definition) is 6. The molecule has 0 aromatic heterocycles. The van der Waals surface area contributed by atoms with E-state index >= 15 is 0 Å². The zero-order valence-corrected chi connectivity index (χ0v) is 19.5. The molecule has 2 atom stereocenters. The van der Waals surface area contributed by atoms with Gasteiger partial charge in [-0.25, -0.2) is 0 Å². The van der Waals surface area contributed by atoms with Crippen LogP contribution >= 0.6 is 0 Å². The fourth-order valence-corrected chi connectivity index (χ4v) is 4.43. The molecular weight excluding hydrogens is 420 g/mol. The number of aliphatic hydroxyl groups is 1. The number of carbonyl (C=O) groups is 2. The smallest absolute Gasteiger partial charge is 0.295 e. The Balaban J connectivity index is 1.82. The van der Waals surface area contributed by atoms with Crippen LogP contribution in [-0.2, 0) is 16.0 Å². The van der Waals surface area contributed by atoms with Crippen LogP contribution in [0.4, 0.5) is 0 Å². The number of ketones is 1. The number of nitrogens with zero attached hydrogens (tertiary/aromatic N) is 2. The maximum atomic E-state index is 13.2. The van der Waals surface area contributed by atoms with E-state index in [2.05, 4.69) is 0 Å². The molecule has 0 spiro atoms. The predicted octanol–water partition coefficient (Wildman–Crippen LogP) is 3.39. The third kappa shape index (κ3) is 4.46. The Kier molecular flexibility index (Phi) is 6.42. The molecule has 0 saturated carbocycles. The lowest BCUT2D eigenvalue weighted by molar-refractivity contribution is -0.140. The van der Waals surface area contributed by atoms with E-state index in [1.807, 2.05) is 63.2 Å². The second-order valence-corrected chi connectivity index (χ2v) is 8.76. The second kappa shape index (κ2) is 9.27. The summed E-state index contributed by atoms with van der Waals surface area (Å²) in [5.74, 6) is -0.0234. The Morgan fingerprint density at radius 1 is 1.21 bits per heavy atom. The molecule has 1 saturated heterocycles. The molecule has 2 aliphatic heterocycles. The van der Waals surface area contributed by atoms with Crippen molar-refractivity contribution in [2.75, 3.05) is 33.8 Å². The minimum absolute atomic E-state index is 0.0651. The number of ether oxygens (including phenoxy) is 2. The number of likely N-dealkylation sites (tertiary alicyclic amines) is 1. The van der Waals surface area contributed by atoms with Crippen molar-refractivity contribution in [1.29, 1.82) is 0 Å². The van der Waals surface area contributed by atoms with Crippen molar-refractivity contribution in [3.05, 3.63) is 64.7 Å². The number of fused-ring (bicyclic) bond motifs is 1. The number of rotatable bonds is 7. The quantitative estimate of drug-likeness (QED) is 0.396. The average Bonchev–Trinajstić information content (AvgIpc) is 3.28. The topological polar surface area (TPSA) is 79.3 Å². The number of likely N-dealkylation sites (N-methyl/N-ethyl adjacent to an activating group) is 1. The summed E-state index contributed by atoms with van der Waals surface area (Å²) in [7, 11) is 3.82. The van der Waals surface area contributed by atoms with Gasteiger partial charge in [0.25, 0.3) is 11.7 Å². The summed E-state index contributed by atoms with van der Waals surface area (Å²) in [6, 6.07) is 12.0. The molecule has 0 unspecified atom stereocenters. The van der Waals surface area contributed by atoms with Crippen LogP contribution in [0, 0.1) is 0 Å². The number of benzene rings is 2. The van der Waals surface area contributed by atoms with Gasteiger partial charge in [-0.05, 0) is 69.4 Å². The van der Waals surface area contributed by atoms with Crippen LogP contribution in [-0.4, -0.2) is 66.5 Å². The minimum Gasteiger partial charge on any atom is -0.507 e. The van der Waals surface area contributed by atoms with Crippen LogP contribution in [0.2, 0.25) is 0 Å². The van der Waals surface area contributed by atoms with Gasteiger partial charge < -0.3 is 24.4 Å². The van der Waals surface area contributed by atoms with E-state index in [-0.39, 0.29) is 17.4 Å². The standard InChI is InChI=1S/C26H30N2O5/c1-5-32-20-8-6-7-17(15-20)23-22(25(30)26(31)28(23)12-11-27(3)4)24(29)18-9-10-21-19(14-18)13-16(2)33-21/h6-10,14-16,23,29H,5,11-13H2,1-4H3/t16-,23+/m0/s1. The Morgan fingerprint density at radius 2 is 2.00 bits per heavy atom. The van der Waals surface area contributed by atoms with Crippen molar-refractivity contribution < 1.29 is 24.2 Å². The van der Waals surface area contributed by atoms with Crippen LogP contribution in [0.1, 0.15) is 36.6 Å². The Hall–Kier alpha value is -3.32. The summed E-state index contributed by atoms with van der Waals surface area (Å²) in [6.07, 6.45) is 0.795. The number of hydrogen-bond donors (Lipinski definition) is 1. The molecule has 0 aliphatic carbocycles. The molecule has 0 radical (unpaired) electrons. The van der Waals surface area contributed by atoms with Crippen LogP contribution in [0.15, 0.2) is 48.0 Å². The first-order valence-electron chi connectivity index (χ1n) is 11.3. The number of carbonyl (C=O) groups excluding carboxylic acids is 2. The number of aliphatic hydroxyl groups excluding tert-OH is 1. The molecule has 33 heavy (non-hydrogen) atoms. The normalized spacial score (nSPS) is 21.4. The molecule has 7 nitrogen and oxygen atoms in total. The van der Waals surface area contributed by atoms with Crippen molar-refractivity contribution in [2.45, 2.75) is 32.4 Å². The highest BCUT2D eigenvalue weighted by Crippen LogP contribution is 2.41. The highest BCUT2D eigenvalue weighted by molar-refractivity contribution is 6.46. The lowest BCUT2D eigenvalue weighted by Gasteiger charge is -2.27. The number of amides is 1. The SMILES string of the molecule is CCOc1cccc([C@@H]2C(=C(O)c3ccc4c(c3)C[C@H](C)O4)C(=O)C(=O)N2CCN(C)C)c1. The molecule has 2 aromatic rings. The van der Waals surface area contributed by atoms with Crippen LogP contribution in [0.5, 0.6) is 11.5 Å². The lowest BCUT2D eigenvalue weighted by atomic mass is 9.94. The van der Waals surface area contributed by atoms with Crippen molar-refractivity contribution in [2.24, 2.45) is 0 Å². The first-order valence-corrected chi connectivity index (χ1v) is 11.3. The molecular formula is C26H30N2O5. The van der Waals surface area contributed by atoms with Gasteiger partial charge in [-0.3, -0.25) is 9.59 Å². The van der Waals surface area contributed by atoms with E-state index in [0.29, 0.717) is 31.0 Å². The van der Waals surface area contributed by atoms with Gasteiger partial charge >= 0.3 is 0 Å². The maximum Gasteiger partial charge on any atom is 0.295 e. The molecule has 2 heterocycles. The number of Topliss-reactive ketones (excluding diaryl/α,β-unsaturated/α-hetero) is 1. The van der Waals surface area contributed by atoms with Gasteiger partial charge in [0.1, 0.15) is 23.4 Å². The Labute approximate surface area is 194 Å². The van der Waals surface area contributed by atoms with E-state index in [1.54, 1.807) is 12.1 Å². The van der Waals surface area contributed by atoms with E-state index in [4.69, 9.17) is 9.47 Å². The van der Waals surface area contributed by atoms with Gasteiger partial charge in [0, 0.05) is 25.1 Å². The molecule has 2 aromatic carbocycles. The summed E-state index contributed by atoms with van der Waals surface area (Å²) < 4.78 is 11.4. The predicted molar refractivity (Wildman–Crippen MR) is 125 cm³/mol. The summed E-state index contributed by atoms with van der Waals surface area (Å²) in [4.78, 5) is 29.7. The molecule has 1 amide bonds. The van der Waals surface area contributed by atoms with E-state index in [0.717, 1.165) is 23.3 Å². The largest absolute Gasteiger partial charge is 0.507 e. The van der Waals surface area contributed by atoms with Gasteiger partial charge in [0.15, 0.2) is 0 Å². The molecule has 174 valence electrons. The fourth-order valence-electron chi connectivity index (χ4n) is 4.43. The molecule has 0 bridgehead atoms. The third-order valence-corrected chi connectivity index (χ3v) is 5.98. The lowest BCUT2D eigenvalue weighted by Crippen LogP contribution is -2.35. The molecule has 1 fully saturated rings. The van der Waals surface area contributed by atoms with Gasteiger partial charge in [0.05, 0.1) is 18.2 Å². The Bertz CT molecular complexity index is 1110. The molecule has 4 rings (SSSR count). The van der Waals surface area contributed by atoms with Crippen LogP contribution in [0.3, 0.4) is 0 Å². The highest BCUT2D eigenvalue weighted by atomic mass is 16.5. The van der Waals surface area contributed by atoms with E-state index < -0.39 is 17.7 Å².